The summed E-state index contributed by atoms with van der Waals surface area (Å²) in [6, 6.07) is 12.4. The maximum atomic E-state index is 12.8. The number of aryl methyl sites for hydroxylation is 2. The molecule has 0 saturated carbocycles. The minimum Gasteiger partial charge on any atom is -0.484 e. The first-order valence-electron chi connectivity index (χ1n) is 12.2. The van der Waals surface area contributed by atoms with Crippen LogP contribution in [0.4, 0.5) is 5.82 Å². The first-order valence-corrected chi connectivity index (χ1v) is 12.2. The van der Waals surface area contributed by atoms with Crippen LogP contribution in [0.5, 0.6) is 5.75 Å². The number of piperazine rings is 1. The highest BCUT2D eigenvalue weighted by Crippen LogP contribution is 2.26. The van der Waals surface area contributed by atoms with E-state index in [0.29, 0.717) is 5.92 Å². The molecule has 3 heterocycles. The molecule has 6 heteroatoms. The van der Waals surface area contributed by atoms with Crippen LogP contribution >= 0.6 is 0 Å². The average Bonchev–Trinajstić information content (AvgIpc) is 3.32. The number of amides is 1. The molecule has 5 rings (SSSR count). The third-order valence-electron chi connectivity index (χ3n) is 7.17. The van der Waals surface area contributed by atoms with Crippen molar-refractivity contribution in [2.75, 3.05) is 57.3 Å². The number of nitrogens with zero attached hydrogens (tertiary/aromatic N) is 4. The quantitative estimate of drug-likeness (QED) is 0.700. The van der Waals surface area contributed by atoms with Crippen LogP contribution < -0.4 is 9.64 Å². The van der Waals surface area contributed by atoms with Gasteiger partial charge in [-0.05, 0) is 73.4 Å². The minimum absolute atomic E-state index is 0.121. The van der Waals surface area contributed by atoms with E-state index in [9.17, 15) is 4.79 Å². The molecule has 1 aliphatic carbocycles. The van der Waals surface area contributed by atoms with Crippen LogP contribution in [0.1, 0.15) is 30.4 Å². The highest BCUT2D eigenvalue weighted by Gasteiger charge is 2.27. The van der Waals surface area contributed by atoms with Gasteiger partial charge < -0.3 is 14.5 Å². The molecule has 1 unspecified atom stereocenters. The second-order valence-electron chi connectivity index (χ2n) is 9.40. The standard InChI is InChI=1S/C26H34N4O2/c31-26(20-32-24-10-9-22-6-3-7-23(22)17-24)30-12-4-5-21(19-30)18-28-13-15-29(16-14-28)25-8-1-2-11-27-25/h1-2,8-11,17,21H,3-7,12-16,18-20H2. The Balaban J connectivity index is 1.07. The minimum atomic E-state index is 0.121. The fraction of sp³-hybridized carbons (Fsp3) is 0.538. The Labute approximate surface area is 191 Å². The molecule has 3 aliphatic rings. The number of hydrogen-bond acceptors (Lipinski definition) is 5. The van der Waals surface area contributed by atoms with Gasteiger partial charge in [-0.1, -0.05) is 12.1 Å². The van der Waals surface area contributed by atoms with Crippen LogP contribution in [0.25, 0.3) is 0 Å². The monoisotopic (exact) mass is 434 g/mol. The van der Waals surface area contributed by atoms with Gasteiger partial charge in [0, 0.05) is 52.0 Å². The van der Waals surface area contributed by atoms with E-state index in [0.717, 1.165) is 70.2 Å². The van der Waals surface area contributed by atoms with E-state index in [4.69, 9.17) is 4.74 Å². The number of anilines is 1. The third-order valence-corrected chi connectivity index (χ3v) is 7.17. The number of hydrogen-bond donors (Lipinski definition) is 0. The van der Waals surface area contributed by atoms with Crippen LogP contribution in [-0.4, -0.2) is 73.1 Å². The number of carbonyl (C=O) groups excluding carboxylic acids is 1. The zero-order chi connectivity index (χ0) is 21.8. The van der Waals surface area contributed by atoms with Crippen LogP contribution in [-0.2, 0) is 17.6 Å². The second kappa shape index (κ2) is 9.90. The Hall–Kier alpha value is -2.60. The molecule has 1 atom stereocenters. The highest BCUT2D eigenvalue weighted by molar-refractivity contribution is 5.77. The van der Waals surface area contributed by atoms with Crippen molar-refractivity contribution >= 4 is 11.7 Å². The molecular formula is C26H34N4O2. The normalized spacial score (nSPS) is 21.4. The number of carbonyl (C=O) groups is 1. The van der Waals surface area contributed by atoms with Gasteiger partial charge in [0.25, 0.3) is 5.91 Å². The number of ether oxygens (including phenoxy) is 1. The SMILES string of the molecule is O=C(COc1ccc2c(c1)CCC2)N1CCCC(CN2CCN(c3ccccn3)CC2)C1. The smallest absolute Gasteiger partial charge is 0.260 e. The molecule has 6 nitrogen and oxygen atoms in total. The number of benzene rings is 1. The van der Waals surface area contributed by atoms with Crippen molar-refractivity contribution in [1.82, 2.24) is 14.8 Å². The highest BCUT2D eigenvalue weighted by atomic mass is 16.5. The first kappa shape index (κ1) is 21.3. The zero-order valence-electron chi connectivity index (χ0n) is 18.9. The maximum Gasteiger partial charge on any atom is 0.260 e. The first-order chi connectivity index (χ1) is 15.7. The van der Waals surface area contributed by atoms with Crippen LogP contribution in [0.2, 0.25) is 0 Å². The molecule has 170 valence electrons. The number of likely N-dealkylation sites (tertiary alicyclic amines) is 1. The van der Waals surface area contributed by atoms with Gasteiger partial charge in [-0.15, -0.1) is 0 Å². The van der Waals surface area contributed by atoms with Gasteiger partial charge in [-0.2, -0.15) is 0 Å². The van der Waals surface area contributed by atoms with Gasteiger partial charge in [0.2, 0.25) is 0 Å². The summed E-state index contributed by atoms with van der Waals surface area (Å²) >= 11 is 0. The lowest BCUT2D eigenvalue weighted by Gasteiger charge is -2.39. The van der Waals surface area contributed by atoms with E-state index in [2.05, 4.69) is 39.0 Å². The Kier molecular flexibility index (Phi) is 6.58. The van der Waals surface area contributed by atoms with Gasteiger partial charge in [0.1, 0.15) is 11.6 Å². The largest absolute Gasteiger partial charge is 0.484 e. The maximum absolute atomic E-state index is 12.8. The molecule has 32 heavy (non-hydrogen) atoms. The summed E-state index contributed by atoms with van der Waals surface area (Å²) in [5.41, 5.74) is 2.82. The van der Waals surface area contributed by atoms with E-state index in [1.54, 1.807) is 0 Å². The van der Waals surface area contributed by atoms with Crippen molar-refractivity contribution in [3.05, 3.63) is 53.7 Å². The summed E-state index contributed by atoms with van der Waals surface area (Å²) < 4.78 is 5.87. The van der Waals surface area contributed by atoms with E-state index in [1.165, 1.54) is 30.4 Å². The van der Waals surface area contributed by atoms with Crippen LogP contribution in [0.15, 0.2) is 42.6 Å². The summed E-state index contributed by atoms with van der Waals surface area (Å²) in [5, 5.41) is 0. The molecule has 1 amide bonds. The molecule has 1 aromatic carbocycles. The van der Waals surface area contributed by atoms with Gasteiger partial charge >= 0.3 is 0 Å². The summed E-state index contributed by atoms with van der Waals surface area (Å²) in [6.45, 7) is 7.08. The number of aromatic nitrogens is 1. The lowest BCUT2D eigenvalue weighted by atomic mass is 9.97. The van der Waals surface area contributed by atoms with E-state index < -0.39 is 0 Å². The topological polar surface area (TPSA) is 48.9 Å². The van der Waals surface area contributed by atoms with Crippen molar-refractivity contribution in [1.29, 1.82) is 0 Å². The van der Waals surface area contributed by atoms with E-state index in [-0.39, 0.29) is 12.5 Å². The lowest BCUT2D eigenvalue weighted by Crippen LogP contribution is -2.50. The molecule has 2 aliphatic heterocycles. The molecular weight excluding hydrogens is 400 g/mol. The molecule has 1 aromatic heterocycles. The third kappa shape index (κ3) is 5.07. The van der Waals surface area contributed by atoms with Crippen molar-refractivity contribution in [2.45, 2.75) is 32.1 Å². The molecule has 2 saturated heterocycles. The number of piperidine rings is 1. The fourth-order valence-corrected chi connectivity index (χ4v) is 5.38. The van der Waals surface area contributed by atoms with Gasteiger partial charge in [0.05, 0.1) is 0 Å². The van der Waals surface area contributed by atoms with Crippen molar-refractivity contribution < 1.29 is 9.53 Å². The molecule has 0 spiro atoms. The van der Waals surface area contributed by atoms with Crippen molar-refractivity contribution in [2.24, 2.45) is 5.92 Å². The van der Waals surface area contributed by atoms with Crippen LogP contribution in [0, 0.1) is 5.92 Å². The zero-order valence-corrected chi connectivity index (χ0v) is 18.9. The van der Waals surface area contributed by atoms with Gasteiger partial charge in [-0.25, -0.2) is 4.98 Å². The van der Waals surface area contributed by atoms with Crippen molar-refractivity contribution in [3.8, 4) is 5.75 Å². The van der Waals surface area contributed by atoms with Crippen molar-refractivity contribution in [3.63, 3.8) is 0 Å². The Morgan fingerprint density at radius 2 is 1.88 bits per heavy atom. The number of fused-ring (bicyclic) bond motifs is 1. The Bertz CT molecular complexity index is 911. The molecule has 0 N–H and O–H groups in total. The van der Waals surface area contributed by atoms with E-state index in [1.807, 2.05) is 23.2 Å². The predicted molar refractivity (Wildman–Crippen MR) is 126 cm³/mol. The second-order valence-corrected chi connectivity index (χ2v) is 9.40. The molecule has 2 fully saturated rings. The molecule has 0 bridgehead atoms. The summed E-state index contributed by atoms with van der Waals surface area (Å²) in [5.74, 6) is 2.58. The van der Waals surface area contributed by atoms with E-state index >= 15 is 0 Å². The Morgan fingerprint density at radius 1 is 1.00 bits per heavy atom. The number of pyridine rings is 1. The summed E-state index contributed by atoms with van der Waals surface area (Å²) in [6.07, 6.45) is 7.68. The summed E-state index contributed by atoms with van der Waals surface area (Å²) in [7, 11) is 0. The number of rotatable bonds is 6. The summed E-state index contributed by atoms with van der Waals surface area (Å²) in [4.78, 5) is 24.2. The van der Waals surface area contributed by atoms with Gasteiger partial charge in [0.15, 0.2) is 6.61 Å². The van der Waals surface area contributed by atoms with Gasteiger partial charge in [-0.3, -0.25) is 9.69 Å². The molecule has 2 aromatic rings. The molecule has 0 radical (unpaired) electrons. The average molecular weight is 435 g/mol. The Morgan fingerprint density at radius 3 is 2.72 bits per heavy atom. The lowest BCUT2D eigenvalue weighted by molar-refractivity contribution is -0.135. The predicted octanol–water partition coefficient (Wildman–Crippen LogP) is 3.01. The van der Waals surface area contributed by atoms with Crippen LogP contribution in [0.3, 0.4) is 0 Å². The fourth-order valence-electron chi connectivity index (χ4n) is 5.38.